The number of hydrogen-bond acceptors (Lipinski definition) is 8. The summed E-state index contributed by atoms with van der Waals surface area (Å²) in [7, 11) is -3.43. The molecule has 3 aromatic heterocycles. The van der Waals surface area contributed by atoms with Gasteiger partial charge in [-0.15, -0.1) is 5.10 Å². The van der Waals surface area contributed by atoms with E-state index in [1.54, 1.807) is 12.4 Å². The molecule has 0 atom stereocenters. The van der Waals surface area contributed by atoms with Crippen molar-refractivity contribution in [2.45, 2.75) is 4.90 Å². The summed E-state index contributed by atoms with van der Waals surface area (Å²) in [4.78, 5) is 13.1. The van der Waals surface area contributed by atoms with Crippen molar-refractivity contribution in [3.05, 3.63) is 61.2 Å². The molecule has 5 rings (SSSR count). The number of anilines is 2. The van der Waals surface area contributed by atoms with Crippen molar-refractivity contribution in [3.8, 4) is 11.1 Å². The van der Waals surface area contributed by atoms with Crippen LogP contribution in [-0.2, 0) is 9.84 Å². The number of aromatic nitrogens is 6. The number of pyridine rings is 1. The highest BCUT2D eigenvalue weighted by Gasteiger charge is 2.15. The molecule has 0 spiro atoms. The first-order valence-electron chi connectivity index (χ1n) is 8.96. The average Bonchev–Trinajstić information content (AvgIpc) is 3.21. The Morgan fingerprint density at radius 2 is 1.83 bits per heavy atom. The molecular formula is C20H15N7O2S. The lowest BCUT2D eigenvalue weighted by atomic mass is 10.0. The van der Waals surface area contributed by atoms with Gasteiger partial charge in [0.1, 0.15) is 5.52 Å². The number of rotatable bonds is 4. The number of sulfone groups is 1. The summed E-state index contributed by atoms with van der Waals surface area (Å²) >= 11 is 0. The average molecular weight is 417 g/mol. The largest absolute Gasteiger partial charge is 0.353 e. The molecule has 0 saturated heterocycles. The van der Waals surface area contributed by atoms with E-state index in [2.05, 4.69) is 35.7 Å². The molecule has 0 amide bonds. The summed E-state index contributed by atoms with van der Waals surface area (Å²) in [6.07, 6.45) is 7.35. The van der Waals surface area contributed by atoms with Crippen LogP contribution in [-0.4, -0.2) is 45.0 Å². The van der Waals surface area contributed by atoms with Crippen LogP contribution in [0.2, 0.25) is 0 Å². The van der Waals surface area contributed by atoms with Crippen molar-refractivity contribution < 1.29 is 8.42 Å². The van der Waals surface area contributed by atoms with E-state index in [-0.39, 0.29) is 4.90 Å². The zero-order valence-electron chi connectivity index (χ0n) is 15.7. The van der Waals surface area contributed by atoms with Crippen molar-refractivity contribution in [2.75, 3.05) is 11.6 Å². The second-order valence-electron chi connectivity index (χ2n) is 6.76. The van der Waals surface area contributed by atoms with Gasteiger partial charge in [-0.05, 0) is 35.9 Å². The van der Waals surface area contributed by atoms with Gasteiger partial charge in [0.05, 0.1) is 33.3 Å². The van der Waals surface area contributed by atoms with Gasteiger partial charge in [-0.1, -0.05) is 11.3 Å². The predicted octanol–water partition coefficient (Wildman–Crippen LogP) is 3.11. The van der Waals surface area contributed by atoms with E-state index >= 15 is 0 Å². The molecule has 0 aliphatic heterocycles. The highest BCUT2D eigenvalue weighted by Crippen LogP contribution is 2.33. The molecule has 0 fully saturated rings. The van der Waals surface area contributed by atoms with Gasteiger partial charge in [-0.25, -0.2) is 8.42 Å². The number of fused-ring (bicyclic) bond motifs is 2. The molecule has 10 heteroatoms. The third kappa shape index (κ3) is 3.22. The van der Waals surface area contributed by atoms with Crippen LogP contribution in [0.3, 0.4) is 0 Å². The van der Waals surface area contributed by atoms with Crippen LogP contribution in [0.15, 0.2) is 66.1 Å². The zero-order chi connectivity index (χ0) is 20.7. The quantitative estimate of drug-likeness (QED) is 0.457. The number of H-pyrrole nitrogens is 1. The lowest BCUT2D eigenvalue weighted by molar-refractivity contribution is 0.602. The monoisotopic (exact) mass is 417 g/mol. The molecular weight excluding hydrogens is 402 g/mol. The van der Waals surface area contributed by atoms with Gasteiger partial charge in [0, 0.05) is 36.1 Å². The molecule has 0 saturated carbocycles. The van der Waals surface area contributed by atoms with E-state index in [0.717, 1.165) is 33.9 Å². The standard InChI is InChI=1S/C20H15N7O2S/c1-30(28,29)19-4-5-21-11-18(19)24-13-9-14(20-17(10-13)22-6-7-23-20)12-2-3-15-16(8-12)26-27-25-15/h2-11,24H,1H3,(H,25,26,27). The molecule has 148 valence electrons. The van der Waals surface area contributed by atoms with Crippen molar-refractivity contribution >= 4 is 43.3 Å². The fourth-order valence-electron chi connectivity index (χ4n) is 3.33. The van der Waals surface area contributed by atoms with Gasteiger partial charge in [0.25, 0.3) is 0 Å². The third-order valence-corrected chi connectivity index (χ3v) is 5.83. The van der Waals surface area contributed by atoms with Gasteiger partial charge < -0.3 is 5.32 Å². The van der Waals surface area contributed by atoms with Gasteiger partial charge in [0.2, 0.25) is 0 Å². The van der Waals surface area contributed by atoms with E-state index in [4.69, 9.17) is 0 Å². The maximum absolute atomic E-state index is 12.1. The minimum atomic E-state index is -3.43. The minimum absolute atomic E-state index is 0.169. The molecule has 2 aromatic carbocycles. The number of nitrogens with one attached hydrogen (secondary N) is 2. The zero-order valence-corrected chi connectivity index (χ0v) is 16.6. The molecule has 0 radical (unpaired) electrons. The Balaban J connectivity index is 1.68. The van der Waals surface area contributed by atoms with Crippen molar-refractivity contribution in [1.29, 1.82) is 0 Å². The molecule has 5 aromatic rings. The number of hydrogen-bond donors (Lipinski definition) is 2. The number of aromatic amines is 1. The molecule has 30 heavy (non-hydrogen) atoms. The summed E-state index contributed by atoms with van der Waals surface area (Å²) in [5.74, 6) is 0. The lowest BCUT2D eigenvalue weighted by Gasteiger charge is -2.13. The highest BCUT2D eigenvalue weighted by atomic mass is 32.2. The number of nitrogens with zero attached hydrogens (tertiary/aromatic N) is 5. The molecule has 9 nitrogen and oxygen atoms in total. The van der Waals surface area contributed by atoms with Crippen molar-refractivity contribution in [3.63, 3.8) is 0 Å². The van der Waals surface area contributed by atoms with Crippen LogP contribution in [0.5, 0.6) is 0 Å². The lowest BCUT2D eigenvalue weighted by Crippen LogP contribution is -2.03. The Labute approximate surface area is 171 Å². The van der Waals surface area contributed by atoms with E-state index in [1.807, 2.05) is 30.3 Å². The second-order valence-corrected chi connectivity index (χ2v) is 8.74. The predicted molar refractivity (Wildman–Crippen MR) is 113 cm³/mol. The summed E-state index contributed by atoms with van der Waals surface area (Å²) in [5.41, 5.74) is 5.73. The van der Waals surface area contributed by atoms with Gasteiger partial charge in [-0.2, -0.15) is 0 Å². The Morgan fingerprint density at radius 1 is 0.967 bits per heavy atom. The smallest absolute Gasteiger partial charge is 0.177 e. The molecule has 0 aliphatic rings. The van der Waals surface area contributed by atoms with Gasteiger partial charge in [0.15, 0.2) is 9.84 Å². The maximum Gasteiger partial charge on any atom is 0.177 e. The maximum atomic E-state index is 12.1. The summed E-state index contributed by atoms with van der Waals surface area (Å²) in [6, 6.07) is 10.9. The van der Waals surface area contributed by atoms with Crippen LogP contribution in [0.25, 0.3) is 33.2 Å². The molecule has 2 N–H and O–H groups in total. The molecule has 0 unspecified atom stereocenters. The van der Waals surface area contributed by atoms with Crippen LogP contribution in [0, 0.1) is 0 Å². The first-order valence-corrected chi connectivity index (χ1v) is 10.9. The SMILES string of the molecule is CS(=O)(=O)c1ccncc1Nc1cc(-c2ccc3[nH]nnc3c2)c2nccnc2c1. The summed E-state index contributed by atoms with van der Waals surface area (Å²) in [5, 5.41) is 13.9. The minimum Gasteiger partial charge on any atom is -0.353 e. The van der Waals surface area contributed by atoms with E-state index in [1.165, 1.54) is 18.5 Å². The Morgan fingerprint density at radius 3 is 2.70 bits per heavy atom. The van der Waals surface area contributed by atoms with E-state index in [0.29, 0.717) is 16.9 Å². The van der Waals surface area contributed by atoms with Crippen LogP contribution in [0.4, 0.5) is 11.4 Å². The first-order chi connectivity index (χ1) is 14.5. The van der Waals surface area contributed by atoms with Crippen molar-refractivity contribution in [1.82, 2.24) is 30.4 Å². The fourth-order valence-corrected chi connectivity index (χ4v) is 4.14. The number of benzene rings is 2. The summed E-state index contributed by atoms with van der Waals surface area (Å²) < 4.78 is 24.3. The molecule has 3 heterocycles. The fraction of sp³-hybridized carbons (Fsp3) is 0.0500. The summed E-state index contributed by atoms with van der Waals surface area (Å²) in [6.45, 7) is 0. The van der Waals surface area contributed by atoms with Gasteiger partial charge >= 0.3 is 0 Å². The Bertz CT molecular complexity index is 1510. The second kappa shape index (κ2) is 6.85. The van der Waals surface area contributed by atoms with Crippen LogP contribution in [0.1, 0.15) is 0 Å². The topological polar surface area (TPSA) is 126 Å². The molecule has 0 aliphatic carbocycles. The first kappa shape index (κ1) is 18.1. The van der Waals surface area contributed by atoms with Crippen molar-refractivity contribution in [2.24, 2.45) is 0 Å². The normalized spacial score (nSPS) is 11.8. The van der Waals surface area contributed by atoms with E-state index in [9.17, 15) is 8.42 Å². The van der Waals surface area contributed by atoms with Gasteiger partial charge in [-0.3, -0.25) is 20.1 Å². The third-order valence-electron chi connectivity index (χ3n) is 4.67. The van der Waals surface area contributed by atoms with Crippen LogP contribution >= 0.6 is 0 Å². The van der Waals surface area contributed by atoms with Crippen LogP contribution < -0.4 is 5.32 Å². The highest BCUT2D eigenvalue weighted by molar-refractivity contribution is 7.90. The Kier molecular flexibility index (Phi) is 4.14. The Hall–Kier alpha value is -3.92. The molecule has 0 bridgehead atoms. The van der Waals surface area contributed by atoms with E-state index < -0.39 is 9.84 Å².